The average Bonchev–Trinajstić information content (AvgIpc) is 2.98. The fraction of sp³-hybridized carbons (Fsp3) is 0.429. The summed E-state index contributed by atoms with van der Waals surface area (Å²) in [4.78, 5) is 33.0. The van der Waals surface area contributed by atoms with Crippen LogP contribution in [0.25, 0.3) is 0 Å². The number of anilines is 1. The van der Waals surface area contributed by atoms with Crippen molar-refractivity contribution in [3.8, 4) is 0 Å². The lowest BCUT2D eigenvalue weighted by molar-refractivity contribution is -0.387. The van der Waals surface area contributed by atoms with Crippen LogP contribution >= 0.6 is 0 Å². The Morgan fingerprint density at radius 2 is 2.00 bits per heavy atom. The molecule has 1 aliphatic carbocycles. The highest BCUT2D eigenvalue weighted by Crippen LogP contribution is 2.21. The van der Waals surface area contributed by atoms with Crippen molar-refractivity contribution in [2.45, 2.75) is 31.7 Å². The number of nitrogens with one attached hydrogen (secondary N) is 3. The van der Waals surface area contributed by atoms with Crippen molar-refractivity contribution in [1.82, 2.24) is 10.6 Å². The van der Waals surface area contributed by atoms with Crippen LogP contribution in [0.5, 0.6) is 0 Å². The van der Waals surface area contributed by atoms with Gasteiger partial charge in [0.1, 0.15) is 0 Å². The second kappa shape index (κ2) is 7.52. The van der Waals surface area contributed by atoms with Gasteiger partial charge in [-0.3, -0.25) is 20.2 Å². The van der Waals surface area contributed by atoms with Crippen molar-refractivity contribution in [3.63, 3.8) is 0 Å². The topological polar surface area (TPSA) is 113 Å². The maximum Gasteiger partial charge on any atom is 0.321 e. The Morgan fingerprint density at radius 3 is 2.65 bits per heavy atom. The smallest absolute Gasteiger partial charge is 0.321 e. The Labute approximate surface area is 131 Å². The molecule has 0 saturated heterocycles. The van der Waals surface area contributed by atoms with Crippen molar-refractivity contribution in [3.05, 3.63) is 34.1 Å². The summed E-state index contributed by atoms with van der Waals surface area (Å²) in [6, 6.07) is 2.73. The molecule has 3 amide bonds. The maximum absolute atomic E-state index is 13.2. The number of nitrogens with zero attached hydrogens (tertiary/aromatic N) is 1. The van der Waals surface area contributed by atoms with Crippen molar-refractivity contribution in [1.29, 1.82) is 0 Å². The predicted molar refractivity (Wildman–Crippen MR) is 80.5 cm³/mol. The van der Waals surface area contributed by atoms with Gasteiger partial charge in [-0.05, 0) is 25.0 Å². The second-order valence-corrected chi connectivity index (χ2v) is 5.28. The molecule has 0 unspecified atom stereocenters. The van der Waals surface area contributed by atoms with E-state index in [9.17, 15) is 24.1 Å². The molecule has 8 nitrogen and oxygen atoms in total. The molecule has 0 atom stereocenters. The molecular weight excluding hydrogens is 307 g/mol. The van der Waals surface area contributed by atoms with Crippen molar-refractivity contribution in [2.24, 2.45) is 0 Å². The number of hydrogen-bond acceptors (Lipinski definition) is 5. The van der Waals surface area contributed by atoms with Crippen LogP contribution in [0.1, 0.15) is 25.7 Å². The number of nitro groups is 1. The molecule has 1 aromatic carbocycles. The molecule has 0 radical (unpaired) electrons. The SMILES string of the molecule is O=C(CNc1ccc(F)c([N+](=O)[O-])c1)NC(=O)NC1CCCC1. The van der Waals surface area contributed by atoms with Crippen LogP contribution < -0.4 is 16.0 Å². The summed E-state index contributed by atoms with van der Waals surface area (Å²) in [6.07, 6.45) is 3.92. The summed E-state index contributed by atoms with van der Waals surface area (Å²) in [5, 5.41) is 18.1. The molecule has 1 saturated carbocycles. The zero-order valence-electron chi connectivity index (χ0n) is 12.3. The van der Waals surface area contributed by atoms with Gasteiger partial charge in [-0.25, -0.2) is 4.79 Å². The standard InChI is InChI=1S/C14H17FN4O4/c15-11-6-5-10(7-12(11)19(22)23)16-8-13(20)18-14(21)17-9-3-1-2-4-9/h5-7,9,16H,1-4,8H2,(H2,17,18,20,21). The number of carbonyl (C=O) groups excluding carboxylic acids is 2. The first kappa shape index (κ1) is 16.7. The van der Waals surface area contributed by atoms with E-state index >= 15 is 0 Å². The first-order chi connectivity index (χ1) is 11.0. The molecule has 1 fully saturated rings. The largest absolute Gasteiger partial charge is 0.376 e. The number of urea groups is 1. The summed E-state index contributed by atoms with van der Waals surface area (Å²) in [7, 11) is 0. The van der Waals surface area contributed by atoms with E-state index in [1.54, 1.807) is 0 Å². The number of halogens is 1. The minimum Gasteiger partial charge on any atom is -0.376 e. The van der Waals surface area contributed by atoms with Crippen LogP contribution in [-0.4, -0.2) is 29.4 Å². The molecular formula is C14H17FN4O4. The number of imide groups is 1. The van der Waals surface area contributed by atoms with Gasteiger partial charge in [0.2, 0.25) is 11.7 Å². The minimum absolute atomic E-state index is 0.0931. The Morgan fingerprint density at radius 1 is 1.30 bits per heavy atom. The van der Waals surface area contributed by atoms with Crippen molar-refractivity contribution in [2.75, 3.05) is 11.9 Å². The van der Waals surface area contributed by atoms with Crippen molar-refractivity contribution < 1.29 is 18.9 Å². The number of nitro benzene ring substituents is 1. The van der Waals surface area contributed by atoms with Crippen LogP contribution in [0.4, 0.5) is 20.6 Å². The van der Waals surface area contributed by atoms with Gasteiger partial charge in [-0.1, -0.05) is 12.8 Å². The van der Waals surface area contributed by atoms with Gasteiger partial charge < -0.3 is 10.6 Å². The third-order valence-electron chi connectivity index (χ3n) is 3.54. The zero-order valence-corrected chi connectivity index (χ0v) is 12.3. The Balaban J connectivity index is 1.80. The molecule has 0 aromatic heterocycles. The van der Waals surface area contributed by atoms with Gasteiger partial charge >= 0.3 is 11.7 Å². The van der Waals surface area contributed by atoms with Crippen LogP contribution in [0.2, 0.25) is 0 Å². The number of amides is 3. The van der Waals surface area contributed by atoms with Gasteiger partial charge in [-0.2, -0.15) is 4.39 Å². The van der Waals surface area contributed by atoms with Crippen LogP contribution in [0.15, 0.2) is 18.2 Å². The molecule has 23 heavy (non-hydrogen) atoms. The molecule has 3 N–H and O–H groups in total. The summed E-state index contributed by atoms with van der Waals surface area (Å²) < 4.78 is 13.2. The van der Waals surface area contributed by atoms with E-state index < -0.39 is 28.4 Å². The monoisotopic (exact) mass is 324 g/mol. The molecule has 1 aromatic rings. The summed E-state index contributed by atoms with van der Waals surface area (Å²) in [6.45, 7) is -0.263. The Hall–Kier alpha value is -2.71. The molecule has 9 heteroatoms. The normalized spacial score (nSPS) is 14.3. The minimum atomic E-state index is -0.957. The third-order valence-corrected chi connectivity index (χ3v) is 3.54. The quantitative estimate of drug-likeness (QED) is 0.565. The number of benzene rings is 1. The van der Waals surface area contributed by atoms with Gasteiger partial charge in [-0.15, -0.1) is 0 Å². The highest BCUT2D eigenvalue weighted by Gasteiger charge is 2.18. The molecule has 0 heterocycles. The van der Waals surface area contributed by atoms with Gasteiger partial charge in [0.05, 0.1) is 11.5 Å². The van der Waals surface area contributed by atoms with E-state index in [0.717, 1.165) is 37.8 Å². The first-order valence-electron chi connectivity index (χ1n) is 7.24. The highest BCUT2D eigenvalue weighted by atomic mass is 19.1. The third kappa shape index (κ3) is 4.90. The van der Waals surface area contributed by atoms with Crippen molar-refractivity contribution >= 4 is 23.3 Å². The Bertz CT molecular complexity index is 617. The maximum atomic E-state index is 13.2. The number of rotatable bonds is 5. The van der Waals surface area contributed by atoms with E-state index in [1.165, 1.54) is 6.07 Å². The zero-order chi connectivity index (χ0) is 16.8. The highest BCUT2D eigenvalue weighted by molar-refractivity contribution is 5.96. The molecule has 0 bridgehead atoms. The lowest BCUT2D eigenvalue weighted by Crippen LogP contribution is -2.45. The van der Waals surface area contributed by atoms with E-state index in [1.807, 2.05) is 0 Å². The second-order valence-electron chi connectivity index (χ2n) is 5.28. The predicted octanol–water partition coefficient (Wildman–Crippen LogP) is 1.91. The van der Waals surface area contributed by atoms with Crippen LogP contribution in [0.3, 0.4) is 0 Å². The Kier molecular flexibility index (Phi) is 5.45. The fourth-order valence-electron chi connectivity index (χ4n) is 2.41. The molecule has 0 aliphatic heterocycles. The van der Waals surface area contributed by atoms with Crippen LogP contribution in [-0.2, 0) is 4.79 Å². The van der Waals surface area contributed by atoms with Crippen LogP contribution in [0, 0.1) is 15.9 Å². The summed E-state index contributed by atoms with van der Waals surface area (Å²) >= 11 is 0. The van der Waals surface area contributed by atoms with Gasteiger partial charge in [0, 0.05) is 17.8 Å². The fourth-order valence-corrected chi connectivity index (χ4v) is 2.41. The molecule has 1 aliphatic rings. The first-order valence-corrected chi connectivity index (χ1v) is 7.24. The molecule has 2 rings (SSSR count). The number of carbonyl (C=O) groups is 2. The van der Waals surface area contributed by atoms with E-state index in [4.69, 9.17) is 0 Å². The molecule has 0 spiro atoms. The summed E-state index contributed by atoms with van der Waals surface area (Å²) in [5.41, 5.74) is -0.473. The average molecular weight is 324 g/mol. The lowest BCUT2D eigenvalue weighted by atomic mass is 10.2. The summed E-state index contributed by atoms with van der Waals surface area (Å²) in [5.74, 6) is -1.55. The van der Waals surface area contributed by atoms with E-state index in [0.29, 0.717) is 0 Å². The van der Waals surface area contributed by atoms with Gasteiger partial charge in [0.25, 0.3) is 0 Å². The van der Waals surface area contributed by atoms with E-state index in [-0.39, 0.29) is 18.3 Å². The number of hydrogen-bond donors (Lipinski definition) is 3. The molecule has 124 valence electrons. The van der Waals surface area contributed by atoms with Gasteiger partial charge in [0.15, 0.2) is 0 Å². The lowest BCUT2D eigenvalue weighted by Gasteiger charge is -2.12. The van der Waals surface area contributed by atoms with E-state index in [2.05, 4.69) is 16.0 Å².